The first-order chi connectivity index (χ1) is 7.86. The molecule has 0 aromatic carbocycles. The van der Waals surface area contributed by atoms with Crippen LogP contribution >= 0.6 is 0 Å². The first-order valence-electron chi connectivity index (χ1n) is 5.82. The van der Waals surface area contributed by atoms with Gasteiger partial charge in [-0.2, -0.15) is 0 Å². The van der Waals surface area contributed by atoms with Crippen molar-refractivity contribution in [2.45, 2.75) is 41.5 Å². The molecule has 0 aromatic rings. The molecule has 3 heteroatoms. The van der Waals surface area contributed by atoms with Crippen LogP contribution in [0.4, 0.5) is 0 Å². The van der Waals surface area contributed by atoms with Crippen molar-refractivity contribution in [2.75, 3.05) is 0 Å². The summed E-state index contributed by atoms with van der Waals surface area (Å²) in [6.45, 7) is 16.4. The summed E-state index contributed by atoms with van der Waals surface area (Å²) in [5, 5.41) is 0. The fourth-order valence-corrected chi connectivity index (χ4v) is 2.05. The van der Waals surface area contributed by atoms with Crippen LogP contribution < -0.4 is 0 Å². The summed E-state index contributed by atoms with van der Waals surface area (Å²) in [4.78, 5) is 36.4. The van der Waals surface area contributed by atoms with Crippen molar-refractivity contribution in [3.05, 3.63) is 24.3 Å². The minimum Gasteiger partial charge on any atom is -0.297 e. The molecule has 0 aromatic heterocycles. The van der Waals surface area contributed by atoms with Gasteiger partial charge in [0.05, 0.1) is 10.8 Å². The molecule has 0 heterocycles. The van der Waals surface area contributed by atoms with Gasteiger partial charge in [0.15, 0.2) is 17.3 Å². The molecule has 0 saturated carbocycles. The summed E-state index contributed by atoms with van der Waals surface area (Å²) < 4.78 is 0. The average molecular weight is 250 g/mol. The molecule has 100 valence electrons. The molecule has 0 atom stereocenters. The zero-order valence-electron chi connectivity index (χ0n) is 12.1. The van der Waals surface area contributed by atoms with Gasteiger partial charge in [0, 0.05) is 0 Å². The van der Waals surface area contributed by atoms with E-state index in [0.29, 0.717) is 11.1 Å². The van der Waals surface area contributed by atoms with E-state index in [1.54, 1.807) is 13.8 Å². The van der Waals surface area contributed by atoms with Crippen LogP contribution in [0.15, 0.2) is 24.3 Å². The fraction of sp³-hybridized carbons (Fsp3) is 0.533. The van der Waals surface area contributed by atoms with E-state index in [9.17, 15) is 14.4 Å². The largest absolute Gasteiger partial charge is 0.297 e. The van der Waals surface area contributed by atoms with Crippen LogP contribution in [0.2, 0.25) is 0 Å². The lowest BCUT2D eigenvalue weighted by atomic mass is 9.67. The number of allylic oxidation sites excluding steroid dienone is 2. The molecule has 0 spiro atoms. The lowest BCUT2D eigenvalue weighted by Gasteiger charge is -2.31. The highest BCUT2D eigenvalue weighted by Crippen LogP contribution is 2.34. The maximum absolute atomic E-state index is 12.5. The minimum atomic E-state index is -1.25. The Morgan fingerprint density at radius 1 is 0.722 bits per heavy atom. The van der Waals surface area contributed by atoms with Crippen molar-refractivity contribution < 1.29 is 14.4 Å². The molecular weight excluding hydrogens is 228 g/mol. The quantitative estimate of drug-likeness (QED) is 0.538. The predicted molar refractivity (Wildman–Crippen MR) is 72.2 cm³/mol. The van der Waals surface area contributed by atoms with Crippen LogP contribution in [0.25, 0.3) is 0 Å². The standard InChI is InChI=1S/C15H22O3/c1-9(2)11(16)14(5,6)13(18)15(7,8)12(17)10(3)4/h1,3H2,2,4-8H3. The van der Waals surface area contributed by atoms with Crippen molar-refractivity contribution in [1.82, 2.24) is 0 Å². The minimum absolute atomic E-state index is 0.312. The summed E-state index contributed by atoms with van der Waals surface area (Å²) in [6, 6.07) is 0. The van der Waals surface area contributed by atoms with Crippen LogP contribution in [-0.2, 0) is 14.4 Å². The molecule has 0 aliphatic heterocycles. The van der Waals surface area contributed by atoms with Crippen molar-refractivity contribution >= 4 is 17.3 Å². The van der Waals surface area contributed by atoms with Gasteiger partial charge in [0.2, 0.25) is 0 Å². The number of hydrogen-bond acceptors (Lipinski definition) is 3. The SMILES string of the molecule is C=C(C)C(=O)C(C)(C)C(=O)C(C)(C)C(=O)C(=C)C. The molecule has 0 bridgehead atoms. The summed E-state index contributed by atoms with van der Waals surface area (Å²) in [5.74, 6) is -1.08. The molecule has 0 rings (SSSR count). The Labute approximate surface area is 109 Å². The maximum Gasteiger partial charge on any atom is 0.170 e. The Kier molecular flexibility index (Phi) is 4.59. The number of carbonyl (C=O) groups excluding carboxylic acids is 3. The van der Waals surface area contributed by atoms with Crippen molar-refractivity contribution in [1.29, 1.82) is 0 Å². The molecule has 0 aliphatic rings. The third-order valence-electron chi connectivity index (χ3n) is 3.05. The second-order valence-corrected chi connectivity index (χ2v) is 5.80. The van der Waals surface area contributed by atoms with Crippen molar-refractivity contribution in [3.8, 4) is 0 Å². The number of rotatable bonds is 6. The fourth-order valence-electron chi connectivity index (χ4n) is 2.05. The molecule has 0 unspecified atom stereocenters. The monoisotopic (exact) mass is 250 g/mol. The number of ketones is 3. The van der Waals surface area contributed by atoms with Crippen LogP contribution in [-0.4, -0.2) is 17.3 Å². The smallest absolute Gasteiger partial charge is 0.170 e. The summed E-state index contributed by atoms with van der Waals surface area (Å²) in [7, 11) is 0. The highest BCUT2D eigenvalue weighted by Gasteiger charge is 2.47. The lowest BCUT2D eigenvalue weighted by molar-refractivity contribution is -0.146. The molecule has 0 aliphatic carbocycles. The van der Waals surface area contributed by atoms with E-state index in [1.165, 1.54) is 27.7 Å². The van der Waals surface area contributed by atoms with Gasteiger partial charge in [-0.25, -0.2) is 0 Å². The third-order valence-corrected chi connectivity index (χ3v) is 3.05. The number of Topliss-reactive ketones (excluding diaryl/α,β-unsaturated/α-hetero) is 3. The average Bonchev–Trinajstić information content (AvgIpc) is 2.25. The van der Waals surface area contributed by atoms with Gasteiger partial charge in [0.1, 0.15) is 0 Å². The van der Waals surface area contributed by atoms with Gasteiger partial charge < -0.3 is 0 Å². The van der Waals surface area contributed by atoms with Gasteiger partial charge in [0.25, 0.3) is 0 Å². The molecule has 0 fully saturated rings. The van der Waals surface area contributed by atoms with Gasteiger partial charge >= 0.3 is 0 Å². The molecule has 0 N–H and O–H groups in total. The van der Waals surface area contributed by atoms with E-state index in [2.05, 4.69) is 13.2 Å². The van der Waals surface area contributed by atoms with Crippen molar-refractivity contribution in [3.63, 3.8) is 0 Å². The van der Waals surface area contributed by atoms with Crippen LogP contribution in [0.3, 0.4) is 0 Å². The second kappa shape index (κ2) is 5.01. The predicted octanol–water partition coefficient (Wildman–Crippen LogP) is 2.90. The highest BCUT2D eigenvalue weighted by atomic mass is 16.2. The zero-order valence-corrected chi connectivity index (χ0v) is 12.1. The Morgan fingerprint density at radius 3 is 1.11 bits per heavy atom. The first-order valence-corrected chi connectivity index (χ1v) is 5.82. The van der Waals surface area contributed by atoms with E-state index in [-0.39, 0.29) is 11.6 Å². The van der Waals surface area contributed by atoms with Gasteiger partial charge in [-0.3, -0.25) is 14.4 Å². The Bertz CT molecular complexity index is 397. The molecule has 0 amide bonds. The topological polar surface area (TPSA) is 51.2 Å². The molecule has 0 radical (unpaired) electrons. The summed E-state index contributed by atoms with van der Waals surface area (Å²) in [6.07, 6.45) is 0. The highest BCUT2D eigenvalue weighted by molar-refractivity contribution is 6.22. The number of carbonyl (C=O) groups is 3. The number of hydrogen-bond donors (Lipinski definition) is 0. The van der Waals surface area contributed by atoms with Gasteiger partial charge in [-0.1, -0.05) is 13.2 Å². The van der Waals surface area contributed by atoms with Crippen molar-refractivity contribution in [2.24, 2.45) is 10.8 Å². The van der Waals surface area contributed by atoms with E-state index < -0.39 is 16.6 Å². The van der Waals surface area contributed by atoms with Crippen LogP contribution in [0.5, 0.6) is 0 Å². The lowest BCUT2D eigenvalue weighted by Crippen LogP contribution is -2.46. The molecule has 3 nitrogen and oxygen atoms in total. The van der Waals surface area contributed by atoms with Crippen LogP contribution in [0, 0.1) is 10.8 Å². The first kappa shape index (κ1) is 16.5. The third kappa shape index (κ3) is 2.84. The molecular formula is C15H22O3. The maximum atomic E-state index is 12.5. The Hall–Kier alpha value is -1.51. The van der Waals surface area contributed by atoms with Gasteiger partial charge in [-0.15, -0.1) is 0 Å². The Balaban J connectivity index is 5.53. The van der Waals surface area contributed by atoms with Crippen LogP contribution in [0.1, 0.15) is 41.5 Å². The van der Waals surface area contributed by atoms with E-state index in [4.69, 9.17) is 0 Å². The molecule has 0 saturated heterocycles. The van der Waals surface area contributed by atoms with Gasteiger partial charge in [-0.05, 0) is 52.7 Å². The second-order valence-electron chi connectivity index (χ2n) is 5.80. The molecule has 18 heavy (non-hydrogen) atoms. The summed E-state index contributed by atoms with van der Waals surface area (Å²) >= 11 is 0. The normalized spacial score (nSPS) is 11.9. The summed E-state index contributed by atoms with van der Waals surface area (Å²) in [5.41, 5.74) is -1.88. The van der Waals surface area contributed by atoms with E-state index >= 15 is 0 Å². The van der Waals surface area contributed by atoms with E-state index in [0.717, 1.165) is 0 Å². The van der Waals surface area contributed by atoms with E-state index in [1.807, 2.05) is 0 Å². The zero-order chi connectivity index (χ0) is 14.9. The Morgan fingerprint density at radius 2 is 0.944 bits per heavy atom.